The molecule has 150 valence electrons. The maximum absolute atomic E-state index is 8.96. The number of likely N-dealkylation sites (tertiary alicyclic amines) is 1. The number of hydrogen-bond donors (Lipinski definition) is 2. The highest BCUT2D eigenvalue weighted by Crippen LogP contribution is 2.33. The van der Waals surface area contributed by atoms with Crippen LogP contribution in [0.5, 0.6) is 0 Å². The maximum atomic E-state index is 8.96. The van der Waals surface area contributed by atoms with Gasteiger partial charge >= 0.3 is 0 Å². The highest BCUT2D eigenvalue weighted by atomic mass is 32.1. The minimum Gasteiger partial charge on any atom is -0.345 e. The fraction of sp³-hybridized carbons (Fsp3) is 0.429. The zero-order valence-electron chi connectivity index (χ0n) is 16.6. The molecule has 1 saturated heterocycles. The molecule has 8 heteroatoms. The number of rotatable bonds is 8. The van der Waals surface area contributed by atoms with Gasteiger partial charge in [0.1, 0.15) is 22.6 Å². The summed E-state index contributed by atoms with van der Waals surface area (Å²) in [6.45, 7) is 4.12. The molecule has 1 fully saturated rings. The number of hydrogen-bond acceptors (Lipinski definition) is 7. The summed E-state index contributed by atoms with van der Waals surface area (Å²) < 4.78 is 0. The van der Waals surface area contributed by atoms with E-state index in [1.807, 2.05) is 18.3 Å². The molecule has 0 bridgehead atoms. The predicted molar refractivity (Wildman–Crippen MR) is 114 cm³/mol. The van der Waals surface area contributed by atoms with Crippen LogP contribution in [0.3, 0.4) is 0 Å². The Hall–Kier alpha value is -2.76. The van der Waals surface area contributed by atoms with Crippen molar-refractivity contribution in [3.63, 3.8) is 0 Å². The zero-order valence-corrected chi connectivity index (χ0v) is 17.4. The Balaban J connectivity index is 1.44. The number of aryl methyl sites for hydroxylation is 1. The Kier molecular flexibility index (Phi) is 6.17. The van der Waals surface area contributed by atoms with Gasteiger partial charge < -0.3 is 10.3 Å². The molecule has 0 aliphatic carbocycles. The molecule has 0 saturated carbocycles. The number of anilines is 2. The van der Waals surface area contributed by atoms with E-state index in [9.17, 15) is 0 Å². The molecule has 29 heavy (non-hydrogen) atoms. The van der Waals surface area contributed by atoms with E-state index in [2.05, 4.69) is 44.2 Å². The van der Waals surface area contributed by atoms with Crippen molar-refractivity contribution in [3.05, 3.63) is 52.7 Å². The van der Waals surface area contributed by atoms with Crippen LogP contribution in [-0.4, -0.2) is 31.4 Å². The van der Waals surface area contributed by atoms with Gasteiger partial charge in [-0.2, -0.15) is 5.26 Å². The molecule has 0 radical (unpaired) electrons. The van der Waals surface area contributed by atoms with E-state index in [-0.39, 0.29) is 0 Å². The van der Waals surface area contributed by atoms with Gasteiger partial charge in [-0.15, -0.1) is 0 Å². The molecule has 7 nitrogen and oxygen atoms in total. The lowest BCUT2D eigenvalue weighted by atomic mass is 10.1. The third-order valence-corrected chi connectivity index (χ3v) is 5.97. The van der Waals surface area contributed by atoms with Crippen molar-refractivity contribution in [2.24, 2.45) is 0 Å². The molecule has 0 amide bonds. The van der Waals surface area contributed by atoms with Crippen LogP contribution in [0.15, 0.2) is 30.6 Å². The van der Waals surface area contributed by atoms with Crippen LogP contribution in [0.25, 0.3) is 0 Å². The second-order valence-corrected chi connectivity index (χ2v) is 8.33. The van der Waals surface area contributed by atoms with Crippen LogP contribution in [0.1, 0.15) is 60.7 Å². The second kappa shape index (κ2) is 9.16. The number of thiazole rings is 1. The molecule has 4 rings (SSSR count). The van der Waals surface area contributed by atoms with Crippen LogP contribution < -0.4 is 5.32 Å². The van der Waals surface area contributed by atoms with E-state index in [1.165, 1.54) is 29.9 Å². The van der Waals surface area contributed by atoms with E-state index in [0.29, 0.717) is 16.1 Å². The van der Waals surface area contributed by atoms with E-state index in [1.54, 1.807) is 6.20 Å². The number of aromatic amines is 1. The largest absolute Gasteiger partial charge is 0.345 e. The summed E-state index contributed by atoms with van der Waals surface area (Å²) in [6, 6.07) is 8.46. The lowest BCUT2D eigenvalue weighted by molar-refractivity contribution is 0.242. The molecule has 2 N–H and O–H groups in total. The SMILES string of the molecule is CCCCc1ncc(CN2CCCC2c2cccc(Nc3ncc(C#N)s3)n2)[nH]1. The van der Waals surface area contributed by atoms with Gasteiger partial charge in [-0.1, -0.05) is 30.7 Å². The average molecular weight is 408 g/mol. The number of nitriles is 1. The van der Waals surface area contributed by atoms with Crippen LogP contribution in [0.4, 0.5) is 10.9 Å². The van der Waals surface area contributed by atoms with E-state index < -0.39 is 0 Å². The van der Waals surface area contributed by atoms with Crippen molar-refractivity contribution in [3.8, 4) is 6.07 Å². The Bertz CT molecular complexity index is 987. The topological polar surface area (TPSA) is 93.5 Å². The number of unbranched alkanes of at least 4 members (excludes halogenated alkanes) is 1. The molecular weight excluding hydrogens is 382 g/mol. The Morgan fingerprint density at radius 2 is 2.28 bits per heavy atom. The molecule has 1 aliphatic heterocycles. The van der Waals surface area contributed by atoms with E-state index in [4.69, 9.17) is 10.2 Å². The quantitative estimate of drug-likeness (QED) is 0.569. The first-order valence-electron chi connectivity index (χ1n) is 10.1. The molecule has 0 aromatic carbocycles. The summed E-state index contributed by atoms with van der Waals surface area (Å²) in [5, 5.41) is 12.9. The van der Waals surface area contributed by atoms with Crippen LogP contribution in [-0.2, 0) is 13.0 Å². The fourth-order valence-corrected chi connectivity index (χ4v) is 4.35. The minimum absolute atomic E-state index is 0.296. The number of aromatic nitrogens is 4. The van der Waals surface area contributed by atoms with Gasteiger partial charge in [0, 0.05) is 24.9 Å². The van der Waals surface area contributed by atoms with Gasteiger partial charge in [-0.05, 0) is 37.9 Å². The molecule has 3 aromatic rings. The first-order chi connectivity index (χ1) is 14.2. The van der Waals surface area contributed by atoms with Crippen LogP contribution in [0, 0.1) is 11.3 Å². The third-order valence-electron chi connectivity index (χ3n) is 5.15. The summed E-state index contributed by atoms with van der Waals surface area (Å²) in [6.07, 6.45) is 9.17. The number of nitrogens with one attached hydrogen (secondary N) is 2. The maximum Gasteiger partial charge on any atom is 0.189 e. The molecule has 1 aliphatic rings. The molecular formula is C21H25N7S. The number of nitrogens with zero attached hydrogens (tertiary/aromatic N) is 5. The lowest BCUT2D eigenvalue weighted by Crippen LogP contribution is -2.23. The number of pyridine rings is 1. The molecule has 1 unspecified atom stereocenters. The van der Waals surface area contributed by atoms with Crippen molar-refractivity contribution in [2.75, 3.05) is 11.9 Å². The molecule has 1 atom stereocenters. The Morgan fingerprint density at radius 3 is 3.10 bits per heavy atom. The van der Waals surface area contributed by atoms with Crippen LogP contribution in [0.2, 0.25) is 0 Å². The molecule has 0 spiro atoms. The summed E-state index contributed by atoms with van der Waals surface area (Å²) >= 11 is 1.33. The van der Waals surface area contributed by atoms with Crippen molar-refractivity contribution < 1.29 is 0 Å². The summed E-state index contributed by atoms with van der Waals surface area (Å²) in [5.41, 5.74) is 2.24. The van der Waals surface area contributed by atoms with Crippen LogP contribution >= 0.6 is 11.3 Å². The third kappa shape index (κ3) is 4.81. The van der Waals surface area contributed by atoms with Gasteiger partial charge in [0.15, 0.2) is 5.13 Å². The average Bonchev–Trinajstić information content (AvgIpc) is 3.48. The summed E-state index contributed by atoms with van der Waals surface area (Å²) in [5.74, 6) is 1.85. The van der Waals surface area contributed by atoms with E-state index >= 15 is 0 Å². The monoisotopic (exact) mass is 407 g/mol. The highest BCUT2D eigenvalue weighted by Gasteiger charge is 2.27. The Labute approximate surface area is 174 Å². The minimum atomic E-state index is 0.296. The normalized spacial score (nSPS) is 16.8. The highest BCUT2D eigenvalue weighted by molar-refractivity contribution is 7.16. The predicted octanol–water partition coefficient (Wildman–Crippen LogP) is 4.56. The van der Waals surface area contributed by atoms with Crippen molar-refractivity contribution >= 4 is 22.3 Å². The van der Waals surface area contributed by atoms with Gasteiger partial charge in [-0.25, -0.2) is 15.0 Å². The first-order valence-corrected chi connectivity index (χ1v) is 10.9. The Morgan fingerprint density at radius 1 is 1.34 bits per heavy atom. The summed E-state index contributed by atoms with van der Waals surface area (Å²) in [4.78, 5) is 20.1. The number of imidazole rings is 1. The van der Waals surface area contributed by atoms with Gasteiger partial charge in [0.2, 0.25) is 0 Å². The van der Waals surface area contributed by atoms with Crippen molar-refractivity contribution in [2.45, 2.75) is 51.6 Å². The van der Waals surface area contributed by atoms with Crippen molar-refractivity contribution in [1.82, 2.24) is 24.8 Å². The smallest absolute Gasteiger partial charge is 0.189 e. The first kappa shape index (κ1) is 19.6. The summed E-state index contributed by atoms with van der Waals surface area (Å²) in [7, 11) is 0. The second-order valence-electron chi connectivity index (χ2n) is 7.30. The fourth-order valence-electron chi connectivity index (χ4n) is 3.73. The molecule has 3 aromatic heterocycles. The zero-order chi connectivity index (χ0) is 20.1. The standard InChI is InChI=1S/C21H25N7S/c1-2-3-8-19-23-12-15(25-19)14-28-10-5-7-18(28)17-6-4-9-20(26-17)27-21-24-13-16(11-22)29-21/h4,6,9,12-13,18H,2-3,5,7-8,10,14H2,1H3,(H,23,25)(H,24,26,27). The molecule has 4 heterocycles. The lowest BCUT2D eigenvalue weighted by Gasteiger charge is -2.23. The van der Waals surface area contributed by atoms with Gasteiger partial charge in [0.05, 0.1) is 17.9 Å². The van der Waals surface area contributed by atoms with E-state index in [0.717, 1.165) is 49.7 Å². The van der Waals surface area contributed by atoms with Crippen molar-refractivity contribution in [1.29, 1.82) is 5.26 Å². The van der Waals surface area contributed by atoms with Gasteiger partial charge in [0.25, 0.3) is 0 Å². The number of H-pyrrole nitrogens is 1. The van der Waals surface area contributed by atoms with Gasteiger partial charge in [-0.3, -0.25) is 4.90 Å².